The lowest BCUT2D eigenvalue weighted by atomic mass is 10.2. The molecular formula is C18H40O9Si5. The molecule has 0 amide bonds. The third-order valence-electron chi connectivity index (χ3n) is 5.16. The van der Waals surface area contributed by atoms with Crippen LogP contribution in [0.15, 0.2) is 0 Å². The second kappa shape index (κ2) is 14.0. The molecule has 32 heavy (non-hydrogen) atoms. The number of hydrogen-bond acceptors (Lipinski definition) is 9. The van der Waals surface area contributed by atoms with Crippen LogP contribution in [0, 0.1) is 5.92 Å². The lowest BCUT2D eigenvalue weighted by Crippen LogP contribution is -2.59. The molecule has 0 spiro atoms. The third kappa shape index (κ3) is 11.1. The number of rotatable bonds is 14. The van der Waals surface area contributed by atoms with Gasteiger partial charge in [0.25, 0.3) is 18.6 Å². The standard InChI is InChI=1S/C18H40O9Si5/c1-16(18(19)22-10-7-11-28-20-2)15-32(6)26-30(4)24-29(3)25-31(5,27-32)12-8-9-21-13-17-14-23-17/h16-17,29-30H,7-15H2,1-6H3. The molecule has 2 fully saturated rings. The second-order valence-electron chi connectivity index (χ2n) is 8.74. The SMILES string of the molecule is CO[Si]CCCOC(=O)C(C)C[Si]1(C)O[SiH](C)O[SiH](C)O[Si](C)(CCCOCC2CO2)O1. The molecule has 0 aliphatic carbocycles. The van der Waals surface area contributed by atoms with Gasteiger partial charge in [-0.25, -0.2) is 0 Å². The number of carbonyl (C=O) groups excluding carboxylic acids is 1. The van der Waals surface area contributed by atoms with Crippen LogP contribution in [0.4, 0.5) is 0 Å². The van der Waals surface area contributed by atoms with Crippen LogP contribution in [-0.2, 0) is 39.9 Å². The molecule has 0 saturated carbocycles. The first-order valence-corrected chi connectivity index (χ1v) is 21.8. The van der Waals surface area contributed by atoms with E-state index in [0.29, 0.717) is 35.6 Å². The van der Waals surface area contributed by atoms with Gasteiger partial charge in [0.2, 0.25) is 9.76 Å². The largest absolute Gasteiger partial charge is 0.465 e. The molecule has 0 bridgehead atoms. The van der Waals surface area contributed by atoms with Gasteiger partial charge in [0.15, 0.2) is 0 Å². The van der Waals surface area contributed by atoms with E-state index in [0.717, 1.165) is 31.5 Å². The Morgan fingerprint density at radius 2 is 1.84 bits per heavy atom. The van der Waals surface area contributed by atoms with Gasteiger partial charge in [-0.1, -0.05) is 6.92 Å². The highest BCUT2D eigenvalue weighted by Gasteiger charge is 2.48. The Bertz CT molecular complexity index is 573. The van der Waals surface area contributed by atoms with E-state index in [4.69, 9.17) is 35.1 Å². The molecule has 0 N–H and O–H groups in total. The van der Waals surface area contributed by atoms with E-state index in [1.165, 1.54) is 0 Å². The van der Waals surface area contributed by atoms with Crippen molar-refractivity contribution in [1.29, 1.82) is 0 Å². The summed E-state index contributed by atoms with van der Waals surface area (Å²) in [5, 5.41) is 0. The van der Waals surface area contributed by atoms with E-state index in [9.17, 15) is 4.79 Å². The van der Waals surface area contributed by atoms with E-state index in [2.05, 4.69) is 6.55 Å². The summed E-state index contributed by atoms with van der Waals surface area (Å²) in [6, 6.07) is 2.24. The minimum atomic E-state index is -2.69. The van der Waals surface area contributed by atoms with E-state index in [1.807, 2.05) is 26.6 Å². The van der Waals surface area contributed by atoms with Crippen molar-refractivity contribution in [1.82, 2.24) is 0 Å². The molecule has 2 radical (unpaired) electrons. The van der Waals surface area contributed by atoms with Crippen LogP contribution in [0.5, 0.6) is 0 Å². The van der Waals surface area contributed by atoms with Gasteiger partial charge in [0, 0.05) is 19.8 Å². The van der Waals surface area contributed by atoms with Gasteiger partial charge >= 0.3 is 23.1 Å². The molecule has 186 valence electrons. The third-order valence-corrected chi connectivity index (χ3v) is 21.8. The molecule has 0 aromatic rings. The Hall–Kier alpha value is 0.274. The predicted molar refractivity (Wildman–Crippen MR) is 131 cm³/mol. The highest BCUT2D eigenvalue weighted by Crippen LogP contribution is 2.31. The summed E-state index contributed by atoms with van der Waals surface area (Å²) >= 11 is 0. The van der Waals surface area contributed by atoms with Gasteiger partial charge < -0.3 is 35.1 Å². The van der Waals surface area contributed by atoms with Crippen molar-refractivity contribution < 1.29 is 39.9 Å². The van der Waals surface area contributed by atoms with Crippen LogP contribution in [0.25, 0.3) is 0 Å². The fraction of sp³-hybridized carbons (Fsp3) is 0.944. The van der Waals surface area contributed by atoms with E-state index in [1.54, 1.807) is 7.11 Å². The first-order valence-electron chi connectivity index (χ1n) is 11.5. The Morgan fingerprint density at radius 1 is 1.16 bits per heavy atom. The van der Waals surface area contributed by atoms with Gasteiger partial charge in [-0.3, -0.25) is 4.79 Å². The van der Waals surface area contributed by atoms with Crippen LogP contribution in [0.2, 0.25) is 44.3 Å². The van der Waals surface area contributed by atoms with Gasteiger partial charge in [-0.15, -0.1) is 0 Å². The van der Waals surface area contributed by atoms with Crippen molar-refractivity contribution >= 4 is 51.4 Å². The molecule has 2 rings (SSSR count). The minimum absolute atomic E-state index is 0.202. The quantitative estimate of drug-likeness (QED) is 0.142. The molecule has 6 atom stereocenters. The molecule has 2 heterocycles. The minimum Gasteiger partial charge on any atom is -0.465 e. The average molecular weight is 541 g/mol. The van der Waals surface area contributed by atoms with Crippen LogP contribution < -0.4 is 0 Å². The maximum Gasteiger partial charge on any atom is 0.318 e. The Labute approximate surface area is 200 Å². The number of epoxide rings is 1. The summed E-state index contributed by atoms with van der Waals surface area (Å²) in [4.78, 5) is 12.5. The average Bonchev–Trinajstić information content (AvgIpc) is 3.49. The monoisotopic (exact) mass is 540 g/mol. The molecule has 6 unspecified atom stereocenters. The fourth-order valence-corrected chi connectivity index (χ4v) is 22.1. The maximum absolute atomic E-state index is 12.5. The van der Waals surface area contributed by atoms with Gasteiger partial charge in [0.1, 0.15) is 6.10 Å². The predicted octanol–water partition coefficient (Wildman–Crippen LogP) is 1.97. The van der Waals surface area contributed by atoms with Crippen LogP contribution in [0.3, 0.4) is 0 Å². The van der Waals surface area contributed by atoms with E-state index in [-0.39, 0.29) is 18.0 Å². The van der Waals surface area contributed by atoms with Crippen molar-refractivity contribution in [2.45, 2.75) is 70.2 Å². The molecule has 0 aromatic heterocycles. The van der Waals surface area contributed by atoms with Crippen LogP contribution in [0.1, 0.15) is 19.8 Å². The Morgan fingerprint density at radius 3 is 2.50 bits per heavy atom. The highest BCUT2D eigenvalue weighted by atomic mass is 28.5. The zero-order valence-corrected chi connectivity index (χ0v) is 25.7. The smallest absolute Gasteiger partial charge is 0.318 e. The van der Waals surface area contributed by atoms with Gasteiger partial charge in [-0.2, -0.15) is 0 Å². The zero-order valence-electron chi connectivity index (χ0n) is 20.3. The van der Waals surface area contributed by atoms with Crippen molar-refractivity contribution in [3.05, 3.63) is 0 Å². The van der Waals surface area contributed by atoms with Crippen molar-refractivity contribution in [3.8, 4) is 0 Å². The van der Waals surface area contributed by atoms with Crippen molar-refractivity contribution in [2.75, 3.05) is 33.5 Å². The highest BCUT2D eigenvalue weighted by molar-refractivity contribution is 6.86. The molecule has 2 saturated heterocycles. The molecule has 2 aliphatic heterocycles. The Balaban J connectivity index is 1.90. The summed E-state index contributed by atoms with van der Waals surface area (Å²) in [5.74, 6) is -0.501. The van der Waals surface area contributed by atoms with Gasteiger partial charge in [-0.05, 0) is 51.1 Å². The molecular weight excluding hydrogens is 501 g/mol. The first-order chi connectivity index (χ1) is 15.1. The summed E-state index contributed by atoms with van der Waals surface area (Å²) in [6.45, 7) is 12.6. The molecule has 0 aromatic carbocycles. The topological polar surface area (TPSA) is 94.2 Å². The van der Waals surface area contributed by atoms with Crippen LogP contribution >= 0.6 is 0 Å². The summed E-state index contributed by atoms with van der Waals surface area (Å²) in [6.07, 6.45) is 1.93. The zero-order chi connectivity index (χ0) is 23.6. The number of esters is 1. The first kappa shape index (κ1) is 28.5. The molecule has 9 nitrogen and oxygen atoms in total. The van der Waals surface area contributed by atoms with E-state index < -0.39 is 35.7 Å². The molecule has 2 aliphatic rings. The van der Waals surface area contributed by atoms with E-state index >= 15 is 0 Å². The molecule has 14 heteroatoms. The van der Waals surface area contributed by atoms with Gasteiger partial charge in [0.05, 0.1) is 25.7 Å². The second-order valence-corrected chi connectivity index (χ2v) is 21.4. The van der Waals surface area contributed by atoms with Crippen LogP contribution in [-0.4, -0.2) is 91.1 Å². The lowest BCUT2D eigenvalue weighted by molar-refractivity contribution is -0.147. The summed E-state index contributed by atoms with van der Waals surface area (Å²) in [7, 11) is -6.81. The fourth-order valence-electron chi connectivity index (χ4n) is 3.81. The normalized spacial score (nSPS) is 33.9. The number of hydrogen-bond donors (Lipinski definition) is 0. The Kier molecular flexibility index (Phi) is 12.5. The van der Waals surface area contributed by atoms with Crippen molar-refractivity contribution in [3.63, 3.8) is 0 Å². The lowest BCUT2D eigenvalue weighted by Gasteiger charge is -2.43. The number of carbonyl (C=O) groups is 1. The maximum atomic E-state index is 12.5. The number of ether oxygens (including phenoxy) is 3. The summed E-state index contributed by atoms with van der Waals surface area (Å²) in [5.41, 5.74) is 0. The summed E-state index contributed by atoms with van der Waals surface area (Å²) < 4.78 is 47.2. The van der Waals surface area contributed by atoms with Crippen molar-refractivity contribution in [2.24, 2.45) is 5.92 Å².